The van der Waals surface area contributed by atoms with Gasteiger partial charge in [-0.2, -0.15) is 0 Å². The summed E-state index contributed by atoms with van der Waals surface area (Å²) < 4.78 is 0. The van der Waals surface area contributed by atoms with E-state index < -0.39 is 5.97 Å². The molecule has 114 valence electrons. The Morgan fingerprint density at radius 1 is 1.32 bits per heavy atom. The number of aromatic carboxylic acids is 1. The number of fused-ring (bicyclic) bond motifs is 1. The fourth-order valence-corrected chi connectivity index (χ4v) is 2.91. The van der Waals surface area contributed by atoms with Crippen molar-refractivity contribution in [3.63, 3.8) is 0 Å². The monoisotopic (exact) mass is 317 g/mol. The van der Waals surface area contributed by atoms with Crippen molar-refractivity contribution < 1.29 is 15.0 Å². The molecule has 6 nitrogen and oxygen atoms in total. The number of rotatable bonds is 4. The van der Waals surface area contributed by atoms with E-state index in [0.29, 0.717) is 16.7 Å². The molecule has 0 unspecified atom stereocenters. The molecule has 0 amide bonds. The van der Waals surface area contributed by atoms with Crippen LogP contribution >= 0.6 is 11.8 Å². The number of aryl methyl sites for hydroxylation is 1. The molecule has 0 bridgehead atoms. The summed E-state index contributed by atoms with van der Waals surface area (Å²) in [6.45, 7) is 0. The van der Waals surface area contributed by atoms with Crippen LogP contribution in [0.3, 0.4) is 0 Å². The number of nitrogens with one attached hydrogen (secondary N) is 1. The van der Waals surface area contributed by atoms with Crippen LogP contribution in [0.15, 0.2) is 23.4 Å². The second-order valence-corrected chi connectivity index (χ2v) is 5.77. The molecule has 22 heavy (non-hydrogen) atoms. The molecule has 1 heterocycles. The molecule has 1 aromatic carbocycles. The topological polar surface area (TPSA) is 95.3 Å². The zero-order chi connectivity index (χ0) is 15.7. The fraction of sp³-hybridized carbons (Fsp3) is 0.267. The average molecular weight is 317 g/mol. The Labute approximate surface area is 131 Å². The minimum atomic E-state index is -1.17. The van der Waals surface area contributed by atoms with Crippen molar-refractivity contribution in [3.8, 4) is 5.75 Å². The number of benzene rings is 1. The minimum absolute atomic E-state index is 0.138. The summed E-state index contributed by atoms with van der Waals surface area (Å²) in [6, 6.07) is 4.40. The first-order valence-electron chi connectivity index (χ1n) is 6.85. The normalized spacial score (nSPS) is 13.0. The molecule has 0 aliphatic heterocycles. The van der Waals surface area contributed by atoms with Gasteiger partial charge >= 0.3 is 5.97 Å². The highest BCUT2D eigenvalue weighted by Crippen LogP contribution is 2.31. The third-order valence-corrected chi connectivity index (χ3v) is 4.13. The van der Waals surface area contributed by atoms with Gasteiger partial charge in [0.15, 0.2) is 5.16 Å². The van der Waals surface area contributed by atoms with E-state index in [2.05, 4.69) is 15.3 Å². The van der Waals surface area contributed by atoms with Gasteiger partial charge in [-0.1, -0.05) is 11.8 Å². The van der Waals surface area contributed by atoms with Gasteiger partial charge in [0.2, 0.25) is 0 Å². The van der Waals surface area contributed by atoms with Crippen LogP contribution in [0.1, 0.15) is 28.0 Å². The van der Waals surface area contributed by atoms with Crippen molar-refractivity contribution in [2.75, 3.05) is 11.6 Å². The van der Waals surface area contributed by atoms with Gasteiger partial charge in [-0.3, -0.25) is 0 Å². The smallest absolute Gasteiger partial charge is 0.339 e. The van der Waals surface area contributed by atoms with E-state index in [0.717, 1.165) is 30.5 Å². The number of carboxylic acid groups (broad SMARTS) is 1. The number of aromatic nitrogens is 2. The molecule has 2 aromatic rings. The van der Waals surface area contributed by atoms with Crippen molar-refractivity contribution in [1.29, 1.82) is 0 Å². The van der Waals surface area contributed by atoms with Crippen molar-refractivity contribution in [3.05, 3.63) is 35.0 Å². The predicted molar refractivity (Wildman–Crippen MR) is 84.2 cm³/mol. The molecule has 1 aromatic heterocycles. The van der Waals surface area contributed by atoms with Gasteiger partial charge in [0, 0.05) is 11.3 Å². The second-order valence-electron chi connectivity index (χ2n) is 5.00. The Morgan fingerprint density at radius 3 is 2.86 bits per heavy atom. The number of anilines is 2. The van der Waals surface area contributed by atoms with E-state index in [-0.39, 0.29) is 11.3 Å². The second kappa shape index (κ2) is 5.84. The molecular weight excluding hydrogens is 302 g/mol. The number of hydrogen-bond donors (Lipinski definition) is 3. The Kier molecular flexibility index (Phi) is 3.89. The standard InChI is InChI=1S/C15H15N3O3S/c1-22-15-17-11-4-2-3-9(11)13(18-15)16-8-5-6-12(19)10(7-8)14(20)21/h5-7,19H,2-4H2,1H3,(H,20,21)(H,16,17,18). The summed E-state index contributed by atoms with van der Waals surface area (Å²) >= 11 is 1.47. The Bertz CT molecular complexity index is 749. The van der Waals surface area contributed by atoms with Crippen LogP contribution in [0.25, 0.3) is 0 Å². The number of phenols is 1. The van der Waals surface area contributed by atoms with Crippen molar-refractivity contribution in [2.45, 2.75) is 24.4 Å². The van der Waals surface area contributed by atoms with Gasteiger partial charge < -0.3 is 15.5 Å². The van der Waals surface area contributed by atoms with E-state index in [4.69, 9.17) is 5.11 Å². The molecule has 0 saturated heterocycles. The molecule has 0 atom stereocenters. The number of aromatic hydroxyl groups is 1. The summed E-state index contributed by atoms with van der Waals surface area (Å²) in [4.78, 5) is 20.1. The number of hydrogen-bond acceptors (Lipinski definition) is 6. The van der Waals surface area contributed by atoms with Crippen LogP contribution in [0.5, 0.6) is 5.75 Å². The maximum absolute atomic E-state index is 11.1. The molecule has 3 N–H and O–H groups in total. The molecule has 7 heteroatoms. The zero-order valence-corrected chi connectivity index (χ0v) is 12.8. The lowest BCUT2D eigenvalue weighted by Crippen LogP contribution is -2.04. The van der Waals surface area contributed by atoms with E-state index in [1.165, 1.54) is 23.9 Å². The molecule has 1 aliphatic rings. The number of carbonyl (C=O) groups is 1. The first kappa shape index (κ1) is 14.6. The average Bonchev–Trinajstić information content (AvgIpc) is 2.97. The first-order chi connectivity index (χ1) is 10.6. The molecule has 0 saturated carbocycles. The summed E-state index contributed by atoms with van der Waals surface area (Å²) in [5.41, 5.74) is 2.58. The van der Waals surface area contributed by atoms with Gasteiger partial charge in [0.25, 0.3) is 0 Å². The quantitative estimate of drug-likeness (QED) is 0.453. The maximum atomic E-state index is 11.1. The summed E-state index contributed by atoms with van der Waals surface area (Å²) in [5.74, 6) is -0.705. The van der Waals surface area contributed by atoms with E-state index in [1.54, 1.807) is 6.07 Å². The summed E-state index contributed by atoms with van der Waals surface area (Å²) in [5, 5.41) is 22.5. The molecule has 1 aliphatic carbocycles. The lowest BCUT2D eigenvalue weighted by Gasteiger charge is -2.12. The van der Waals surface area contributed by atoms with Crippen LogP contribution in [0.4, 0.5) is 11.5 Å². The largest absolute Gasteiger partial charge is 0.507 e. The summed E-state index contributed by atoms with van der Waals surface area (Å²) in [6.07, 6.45) is 4.82. The molecule has 0 fully saturated rings. The van der Waals surface area contributed by atoms with Gasteiger partial charge in [0.05, 0.1) is 5.69 Å². The Morgan fingerprint density at radius 2 is 2.14 bits per heavy atom. The molecule has 3 rings (SSSR count). The Balaban J connectivity index is 1.98. The SMILES string of the molecule is CSc1nc2c(c(Nc3ccc(O)c(C(=O)O)c3)n1)CCC2. The van der Waals surface area contributed by atoms with E-state index in [9.17, 15) is 9.90 Å². The van der Waals surface area contributed by atoms with E-state index in [1.807, 2.05) is 6.26 Å². The van der Waals surface area contributed by atoms with Gasteiger partial charge in [0.1, 0.15) is 17.1 Å². The highest BCUT2D eigenvalue weighted by atomic mass is 32.2. The highest BCUT2D eigenvalue weighted by molar-refractivity contribution is 7.98. The van der Waals surface area contributed by atoms with Gasteiger partial charge in [-0.15, -0.1) is 0 Å². The van der Waals surface area contributed by atoms with Crippen molar-refractivity contribution in [2.24, 2.45) is 0 Å². The third-order valence-electron chi connectivity index (χ3n) is 3.58. The van der Waals surface area contributed by atoms with Crippen molar-refractivity contribution >= 4 is 29.2 Å². The highest BCUT2D eigenvalue weighted by Gasteiger charge is 2.20. The van der Waals surface area contributed by atoms with Crippen LogP contribution < -0.4 is 5.32 Å². The first-order valence-corrected chi connectivity index (χ1v) is 8.08. The van der Waals surface area contributed by atoms with Gasteiger partial charge in [-0.25, -0.2) is 14.8 Å². The van der Waals surface area contributed by atoms with Crippen LogP contribution in [-0.2, 0) is 12.8 Å². The van der Waals surface area contributed by atoms with Crippen LogP contribution in [-0.4, -0.2) is 32.4 Å². The third kappa shape index (κ3) is 2.71. The Hall–Kier alpha value is -2.28. The lowest BCUT2D eigenvalue weighted by atomic mass is 10.1. The molecule has 0 spiro atoms. The lowest BCUT2D eigenvalue weighted by molar-refractivity contribution is 0.0694. The number of thioether (sulfide) groups is 1. The van der Waals surface area contributed by atoms with Crippen LogP contribution in [0, 0.1) is 0 Å². The van der Waals surface area contributed by atoms with Crippen LogP contribution in [0.2, 0.25) is 0 Å². The van der Waals surface area contributed by atoms with Crippen molar-refractivity contribution in [1.82, 2.24) is 9.97 Å². The maximum Gasteiger partial charge on any atom is 0.339 e. The number of nitrogens with zero attached hydrogens (tertiary/aromatic N) is 2. The molecular formula is C15H15N3O3S. The molecule has 0 radical (unpaired) electrons. The predicted octanol–water partition coefficient (Wildman–Crippen LogP) is 2.83. The zero-order valence-electron chi connectivity index (χ0n) is 12.0. The van der Waals surface area contributed by atoms with Gasteiger partial charge in [-0.05, 0) is 43.7 Å². The number of carboxylic acids is 1. The summed E-state index contributed by atoms with van der Waals surface area (Å²) in [7, 11) is 0. The minimum Gasteiger partial charge on any atom is -0.507 e. The fourth-order valence-electron chi connectivity index (χ4n) is 2.53. The van der Waals surface area contributed by atoms with E-state index >= 15 is 0 Å².